The van der Waals surface area contributed by atoms with Crippen LogP contribution in [0.5, 0.6) is 0 Å². The van der Waals surface area contributed by atoms with Crippen LogP contribution in [0.25, 0.3) is 0 Å². The zero-order valence-electron chi connectivity index (χ0n) is 7.47. The molecule has 0 fully saturated rings. The van der Waals surface area contributed by atoms with E-state index in [0.717, 1.165) is 0 Å². The number of carbonyl (C=O) groups is 2. The molecule has 0 aliphatic carbocycles. The maximum atomic E-state index is 10.3. The van der Waals surface area contributed by atoms with Gasteiger partial charge in [-0.1, -0.05) is 0 Å². The summed E-state index contributed by atoms with van der Waals surface area (Å²) < 4.78 is 0. The Morgan fingerprint density at radius 1 is 0.857 bits per heavy atom. The van der Waals surface area contributed by atoms with Crippen LogP contribution < -0.4 is 29.6 Å². The largest absolute Gasteiger partial charge is 1.00 e. The fraction of sp³-hybridized carbons (Fsp3) is 0. The van der Waals surface area contributed by atoms with Gasteiger partial charge in [-0.3, -0.25) is 0 Å². The summed E-state index contributed by atoms with van der Waals surface area (Å²) in [4.78, 5) is 20.7. The third kappa shape index (κ3) is 3.89. The number of rotatable bonds is 2. The van der Waals surface area contributed by atoms with E-state index < -0.39 is 11.9 Å². The predicted molar refractivity (Wildman–Crippen MR) is 42.3 cm³/mol. The first kappa shape index (κ1) is 15.6. The van der Waals surface area contributed by atoms with Gasteiger partial charge in [-0.15, -0.1) is 0 Å². The molecule has 0 unspecified atom stereocenters. The first-order valence-electron chi connectivity index (χ1n) is 3.18. The van der Waals surface area contributed by atoms with Gasteiger partial charge in [0, 0.05) is 0 Å². The van der Waals surface area contributed by atoms with E-state index in [0.29, 0.717) is 0 Å². The minimum atomic E-state index is -1.06. The fourth-order valence-electron chi connectivity index (χ4n) is 0.755. The monoisotopic (exact) mass is 206 g/mol. The minimum Gasteiger partial charge on any atom is -0.870 e. The second kappa shape index (κ2) is 6.56. The fourth-order valence-corrected chi connectivity index (χ4v) is 0.755. The van der Waals surface area contributed by atoms with Gasteiger partial charge < -0.3 is 15.7 Å². The van der Waals surface area contributed by atoms with Gasteiger partial charge >= 0.3 is 41.5 Å². The summed E-state index contributed by atoms with van der Waals surface area (Å²) in [5, 5.41) is 16.9. The molecule has 0 amide bonds. The number of hydrogen-bond acceptors (Lipinski definition) is 3. The average molecular weight is 206 g/mol. The van der Waals surface area contributed by atoms with Crippen LogP contribution in [-0.4, -0.2) is 27.6 Å². The van der Waals surface area contributed by atoms with Crippen molar-refractivity contribution in [1.82, 2.24) is 0 Å². The zero-order valence-corrected chi connectivity index (χ0v) is 9.47. The van der Waals surface area contributed by atoms with Crippen molar-refractivity contribution in [2.45, 2.75) is 0 Å². The third-order valence-electron chi connectivity index (χ3n) is 1.38. The van der Waals surface area contributed by atoms with Crippen molar-refractivity contribution >= 4 is 11.9 Å². The first-order valence-corrected chi connectivity index (χ1v) is 3.18. The average Bonchev–Trinajstić information content (AvgIpc) is 2.04. The van der Waals surface area contributed by atoms with Crippen molar-refractivity contribution in [1.29, 1.82) is 0 Å². The van der Waals surface area contributed by atoms with Crippen molar-refractivity contribution in [2.24, 2.45) is 0 Å². The van der Waals surface area contributed by atoms with Crippen LogP contribution in [0.15, 0.2) is 24.3 Å². The number of carboxylic acids is 2. The van der Waals surface area contributed by atoms with Crippen LogP contribution in [-0.2, 0) is 0 Å². The standard InChI is InChI=1S/C8H6O4.Na.H2O/c9-7(10)5-1-2-6(4-3-5)8(11)12;;/h1-4H,(H,9,10)(H,11,12);;1H2/q;+1;/p-1. The van der Waals surface area contributed by atoms with Gasteiger partial charge in [0.25, 0.3) is 0 Å². The molecule has 0 radical (unpaired) electrons. The Balaban J connectivity index is 0. The molecule has 5 nitrogen and oxygen atoms in total. The van der Waals surface area contributed by atoms with E-state index in [1.54, 1.807) is 0 Å². The molecule has 1 aromatic carbocycles. The Bertz CT molecular complexity index is 286. The van der Waals surface area contributed by atoms with Crippen molar-refractivity contribution < 1.29 is 54.8 Å². The summed E-state index contributed by atoms with van der Waals surface area (Å²) in [6.45, 7) is 0. The maximum absolute atomic E-state index is 10.3. The number of aromatic carboxylic acids is 2. The summed E-state index contributed by atoms with van der Waals surface area (Å²) >= 11 is 0. The molecule has 1 rings (SSSR count). The first-order chi connectivity index (χ1) is 5.61. The summed E-state index contributed by atoms with van der Waals surface area (Å²) in [6, 6.07) is 5.02. The van der Waals surface area contributed by atoms with Crippen LogP contribution in [0.4, 0.5) is 0 Å². The summed E-state index contributed by atoms with van der Waals surface area (Å²) in [5.41, 5.74) is 0.167. The van der Waals surface area contributed by atoms with Crippen LogP contribution in [0.3, 0.4) is 0 Å². The number of hydrogen-bond donors (Lipinski definition) is 2. The molecule has 1 aromatic rings. The molecule has 0 spiro atoms. The third-order valence-corrected chi connectivity index (χ3v) is 1.38. The molecule has 0 atom stereocenters. The van der Waals surface area contributed by atoms with E-state index in [-0.39, 0.29) is 46.2 Å². The van der Waals surface area contributed by atoms with E-state index in [4.69, 9.17) is 10.2 Å². The van der Waals surface area contributed by atoms with Crippen LogP contribution >= 0.6 is 0 Å². The van der Waals surface area contributed by atoms with Gasteiger partial charge in [0.05, 0.1) is 11.1 Å². The molecule has 0 aromatic heterocycles. The molecule has 0 saturated heterocycles. The second-order valence-corrected chi connectivity index (χ2v) is 2.19. The Hall–Kier alpha value is -0.880. The quantitative estimate of drug-likeness (QED) is 0.540. The van der Waals surface area contributed by atoms with E-state index in [9.17, 15) is 9.59 Å². The molecule has 0 bridgehead atoms. The van der Waals surface area contributed by atoms with Gasteiger partial charge in [0.15, 0.2) is 0 Å². The maximum Gasteiger partial charge on any atom is 1.00 e. The molecule has 0 aliphatic heterocycles. The van der Waals surface area contributed by atoms with Crippen molar-refractivity contribution in [3.63, 3.8) is 0 Å². The Morgan fingerprint density at radius 2 is 1.07 bits per heavy atom. The van der Waals surface area contributed by atoms with Gasteiger partial charge in [-0.2, -0.15) is 0 Å². The second-order valence-electron chi connectivity index (χ2n) is 2.19. The van der Waals surface area contributed by atoms with Crippen LogP contribution in [0.2, 0.25) is 0 Å². The molecule has 0 aliphatic rings. The van der Waals surface area contributed by atoms with Gasteiger partial charge in [0.2, 0.25) is 0 Å². The molecule has 6 heteroatoms. The zero-order chi connectivity index (χ0) is 9.14. The molecule has 70 valence electrons. The normalized spacial score (nSPS) is 8.00. The van der Waals surface area contributed by atoms with Crippen LogP contribution in [0, 0.1) is 0 Å². The smallest absolute Gasteiger partial charge is 0.870 e. The Morgan fingerprint density at radius 3 is 1.21 bits per heavy atom. The molecular formula is C8H7NaO5. The molecule has 14 heavy (non-hydrogen) atoms. The topological polar surface area (TPSA) is 105 Å². The van der Waals surface area contributed by atoms with Crippen LogP contribution in [0.1, 0.15) is 20.7 Å². The minimum absolute atomic E-state index is 0. The van der Waals surface area contributed by atoms with E-state index in [2.05, 4.69) is 0 Å². The van der Waals surface area contributed by atoms with Gasteiger partial charge in [-0.25, -0.2) is 9.59 Å². The van der Waals surface area contributed by atoms with E-state index in [1.807, 2.05) is 0 Å². The van der Waals surface area contributed by atoms with Crippen molar-refractivity contribution in [2.75, 3.05) is 0 Å². The molecular weight excluding hydrogens is 199 g/mol. The van der Waals surface area contributed by atoms with Gasteiger partial charge in [-0.05, 0) is 24.3 Å². The predicted octanol–water partition coefficient (Wildman–Crippen LogP) is -2.09. The van der Waals surface area contributed by atoms with E-state index >= 15 is 0 Å². The summed E-state index contributed by atoms with van der Waals surface area (Å²) in [7, 11) is 0. The Kier molecular flexibility index (Phi) is 7.30. The molecule has 0 heterocycles. The van der Waals surface area contributed by atoms with E-state index in [1.165, 1.54) is 24.3 Å². The molecule has 0 saturated carbocycles. The van der Waals surface area contributed by atoms with Crippen molar-refractivity contribution in [3.05, 3.63) is 35.4 Å². The summed E-state index contributed by atoms with van der Waals surface area (Å²) in [5.74, 6) is -2.13. The number of benzene rings is 1. The number of carboxylic acid groups (broad SMARTS) is 2. The van der Waals surface area contributed by atoms with Gasteiger partial charge in [0.1, 0.15) is 0 Å². The molecule has 3 N–H and O–H groups in total. The Labute approximate surface area is 102 Å². The summed E-state index contributed by atoms with van der Waals surface area (Å²) in [6.07, 6.45) is 0. The SMILES string of the molecule is O=C(O)c1ccc(C(=O)O)cc1.[Na+].[OH-]. The van der Waals surface area contributed by atoms with Crippen molar-refractivity contribution in [3.8, 4) is 0 Å².